The number of carbonyl (C=O) groups excluding carboxylic acids is 2. The van der Waals surface area contributed by atoms with Crippen LogP contribution in [-0.2, 0) is 0 Å². The van der Waals surface area contributed by atoms with Gasteiger partial charge in [-0.15, -0.1) is 0 Å². The van der Waals surface area contributed by atoms with Crippen molar-refractivity contribution in [2.24, 2.45) is 0 Å². The molecule has 0 fully saturated rings. The average molecular weight is 286 g/mol. The predicted molar refractivity (Wildman–Crippen MR) is 77.2 cm³/mol. The molecular formula is C16H15FN2O2. The van der Waals surface area contributed by atoms with Gasteiger partial charge in [0.15, 0.2) is 0 Å². The van der Waals surface area contributed by atoms with E-state index in [4.69, 9.17) is 0 Å². The van der Waals surface area contributed by atoms with Crippen LogP contribution in [0.3, 0.4) is 0 Å². The van der Waals surface area contributed by atoms with Crippen LogP contribution < -0.4 is 10.9 Å². The number of rotatable bonds is 2. The Labute approximate surface area is 122 Å². The zero-order valence-electron chi connectivity index (χ0n) is 11.7. The monoisotopic (exact) mass is 286 g/mol. The van der Waals surface area contributed by atoms with E-state index in [2.05, 4.69) is 10.9 Å². The van der Waals surface area contributed by atoms with E-state index in [1.807, 2.05) is 19.9 Å². The minimum Gasteiger partial charge on any atom is -0.267 e. The first-order chi connectivity index (χ1) is 10.0. The number of carbonyl (C=O) groups is 2. The molecule has 0 bridgehead atoms. The van der Waals surface area contributed by atoms with Gasteiger partial charge in [0.05, 0.1) is 5.56 Å². The first kappa shape index (κ1) is 14.7. The summed E-state index contributed by atoms with van der Waals surface area (Å²) in [5, 5.41) is 0. The van der Waals surface area contributed by atoms with Crippen LogP contribution >= 0.6 is 0 Å². The first-order valence-electron chi connectivity index (χ1n) is 6.42. The molecule has 0 saturated heterocycles. The molecule has 2 amide bonds. The Morgan fingerprint density at radius 1 is 0.857 bits per heavy atom. The second-order valence-electron chi connectivity index (χ2n) is 4.64. The maximum Gasteiger partial charge on any atom is 0.272 e. The van der Waals surface area contributed by atoms with Crippen molar-refractivity contribution in [1.82, 2.24) is 10.9 Å². The number of nitrogens with one attached hydrogen (secondary N) is 2. The second-order valence-corrected chi connectivity index (χ2v) is 4.64. The van der Waals surface area contributed by atoms with E-state index in [1.165, 1.54) is 18.2 Å². The molecule has 0 spiro atoms. The smallest absolute Gasteiger partial charge is 0.267 e. The molecule has 0 aliphatic heterocycles. The number of amides is 2. The Balaban J connectivity index is 2.06. The van der Waals surface area contributed by atoms with E-state index in [0.29, 0.717) is 5.56 Å². The number of hydrogen-bond donors (Lipinski definition) is 2. The van der Waals surface area contributed by atoms with Gasteiger partial charge in [-0.1, -0.05) is 24.3 Å². The van der Waals surface area contributed by atoms with E-state index in [1.54, 1.807) is 18.2 Å². The van der Waals surface area contributed by atoms with Crippen molar-refractivity contribution < 1.29 is 14.0 Å². The molecule has 108 valence electrons. The number of aryl methyl sites for hydroxylation is 1. The van der Waals surface area contributed by atoms with Gasteiger partial charge in [0.1, 0.15) is 5.82 Å². The quantitative estimate of drug-likeness (QED) is 0.833. The van der Waals surface area contributed by atoms with Crippen molar-refractivity contribution in [2.45, 2.75) is 13.8 Å². The Kier molecular flexibility index (Phi) is 4.33. The Morgan fingerprint density at radius 2 is 1.43 bits per heavy atom. The molecule has 0 unspecified atom stereocenters. The number of hydrazine groups is 1. The van der Waals surface area contributed by atoms with Crippen molar-refractivity contribution in [3.63, 3.8) is 0 Å². The number of benzene rings is 2. The molecule has 0 radical (unpaired) electrons. The number of halogens is 1. The van der Waals surface area contributed by atoms with Crippen molar-refractivity contribution in [1.29, 1.82) is 0 Å². The normalized spacial score (nSPS) is 10.0. The molecule has 0 atom stereocenters. The molecule has 2 aromatic rings. The van der Waals surface area contributed by atoms with Crippen molar-refractivity contribution in [2.75, 3.05) is 0 Å². The van der Waals surface area contributed by atoms with Crippen LogP contribution in [0, 0.1) is 19.7 Å². The van der Waals surface area contributed by atoms with Crippen molar-refractivity contribution in [3.05, 3.63) is 70.5 Å². The first-order valence-corrected chi connectivity index (χ1v) is 6.42. The summed E-state index contributed by atoms with van der Waals surface area (Å²) in [6.07, 6.45) is 0. The third-order valence-corrected chi connectivity index (χ3v) is 3.26. The molecule has 21 heavy (non-hydrogen) atoms. The number of hydrogen-bond acceptors (Lipinski definition) is 2. The highest BCUT2D eigenvalue weighted by molar-refractivity contribution is 6.00. The van der Waals surface area contributed by atoms with E-state index in [9.17, 15) is 14.0 Å². The van der Waals surface area contributed by atoms with Crippen LogP contribution in [0.1, 0.15) is 31.8 Å². The average Bonchev–Trinajstić information content (AvgIpc) is 2.47. The highest BCUT2D eigenvalue weighted by atomic mass is 19.1. The Bertz CT molecular complexity index is 698. The lowest BCUT2D eigenvalue weighted by Gasteiger charge is -2.10. The highest BCUT2D eigenvalue weighted by Crippen LogP contribution is 2.12. The summed E-state index contributed by atoms with van der Waals surface area (Å²) in [7, 11) is 0. The van der Waals surface area contributed by atoms with Gasteiger partial charge < -0.3 is 0 Å². The van der Waals surface area contributed by atoms with Gasteiger partial charge in [0.25, 0.3) is 11.8 Å². The molecule has 5 heteroatoms. The molecule has 0 aromatic heterocycles. The summed E-state index contributed by atoms with van der Waals surface area (Å²) < 4.78 is 13.4. The fraction of sp³-hybridized carbons (Fsp3) is 0.125. The fourth-order valence-electron chi connectivity index (χ4n) is 1.89. The molecule has 4 nitrogen and oxygen atoms in total. The lowest BCUT2D eigenvalue weighted by atomic mass is 10.0. The lowest BCUT2D eigenvalue weighted by molar-refractivity contribution is 0.0844. The molecule has 2 rings (SSSR count). The molecule has 2 N–H and O–H groups in total. The second kappa shape index (κ2) is 6.17. The van der Waals surface area contributed by atoms with Gasteiger partial charge in [-0.3, -0.25) is 20.4 Å². The van der Waals surface area contributed by atoms with Gasteiger partial charge in [0.2, 0.25) is 0 Å². The summed E-state index contributed by atoms with van der Waals surface area (Å²) in [5.74, 6) is -1.79. The van der Waals surface area contributed by atoms with Gasteiger partial charge in [-0.25, -0.2) is 4.39 Å². The maximum atomic E-state index is 13.4. The minimum atomic E-state index is -0.702. The van der Waals surface area contributed by atoms with Crippen molar-refractivity contribution >= 4 is 11.8 Å². The highest BCUT2D eigenvalue weighted by Gasteiger charge is 2.14. The van der Waals surface area contributed by atoms with Crippen LogP contribution in [-0.4, -0.2) is 11.8 Å². The molecule has 2 aromatic carbocycles. The van der Waals surface area contributed by atoms with Crippen LogP contribution in [0.2, 0.25) is 0 Å². The summed E-state index contributed by atoms with van der Waals surface area (Å²) in [4.78, 5) is 23.8. The topological polar surface area (TPSA) is 58.2 Å². The van der Waals surface area contributed by atoms with Crippen LogP contribution in [0.5, 0.6) is 0 Å². The molecular weight excluding hydrogens is 271 g/mol. The maximum absolute atomic E-state index is 13.4. The largest absolute Gasteiger partial charge is 0.272 e. The SMILES string of the molecule is Cc1cccc(C(=O)NNC(=O)c2ccccc2F)c1C. The summed E-state index contributed by atoms with van der Waals surface area (Å²) in [6, 6.07) is 10.9. The fourth-order valence-corrected chi connectivity index (χ4v) is 1.89. The van der Waals surface area contributed by atoms with E-state index < -0.39 is 17.6 Å². The summed E-state index contributed by atoms with van der Waals surface area (Å²) in [5.41, 5.74) is 6.63. The van der Waals surface area contributed by atoms with Crippen LogP contribution in [0.4, 0.5) is 4.39 Å². The molecule has 0 aliphatic rings. The van der Waals surface area contributed by atoms with E-state index in [0.717, 1.165) is 11.1 Å². The Morgan fingerprint density at radius 3 is 2.10 bits per heavy atom. The summed E-state index contributed by atoms with van der Waals surface area (Å²) in [6.45, 7) is 3.72. The van der Waals surface area contributed by atoms with Gasteiger partial charge in [0, 0.05) is 5.56 Å². The Hall–Kier alpha value is -2.69. The third kappa shape index (κ3) is 3.25. The van der Waals surface area contributed by atoms with E-state index >= 15 is 0 Å². The van der Waals surface area contributed by atoms with Gasteiger partial charge in [-0.2, -0.15) is 0 Å². The van der Waals surface area contributed by atoms with Gasteiger partial charge in [-0.05, 0) is 43.2 Å². The minimum absolute atomic E-state index is 0.126. The van der Waals surface area contributed by atoms with Gasteiger partial charge >= 0.3 is 0 Å². The molecule has 0 heterocycles. The van der Waals surface area contributed by atoms with E-state index in [-0.39, 0.29) is 5.56 Å². The van der Waals surface area contributed by atoms with Crippen molar-refractivity contribution in [3.8, 4) is 0 Å². The lowest BCUT2D eigenvalue weighted by Crippen LogP contribution is -2.42. The van der Waals surface area contributed by atoms with Crippen LogP contribution in [0.25, 0.3) is 0 Å². The molecule has 0 saturated carbocycles. The summed E-state index contributed by atoms with van der Waals surface area (Å²) >= 11 is 0. The zero-order valence-corrected chi connectivity index (χ0v) is 11.7. The standard InChI is InChI=1S/C16H15FN2O2/c1-10-6-5-8-12(11(10)2)15(20)18-19-16(21)13-7-3-4-9-14(13)17/h3-9H,1-2H3,(H,18,20)(H,19,21). The third-order valence-electron chi connectivity index (χ3n) is 3.26. The predicted octanol–water partition coefficient (Wildman–Crippen LogP) is 2.52. The van der Waals surface area contributed by atoms with Crippen LogP contribution in [0.15, 0.2) is 42.5 Å². The zero-order chi connectivity index (χ0) is 15.4. The molecule has 0 aliphatic carbocycles.